The van der Waals surface area contributed by atoms with Crippen LogP contribution >= 0.6 is 20.6 Å². The summed E-state index contributed by atoms with van der Waals surface area (Å²) in [6.07, 6.45) is 2.42. The van der Waals surface area contributed by atoms with Gasteiger partial charge >= 0.3 is 7.82 Å². The minimum Gasteiger partial charge on any atom is -0.368 e. The van der Waals surface area contributed by atoms with Crippen LogP contribution < -0.4 is 27.0 Å². The highest BCUT2D eigenvalue weighted by atomic mass is 32.1. The third-order valence-electron chi connectivity index (χ3n) is 7.17. The van der Waals surface area contributed by atoms with E-state index in [-0.39, 0.29) is 24.7 Å². The molecule has 2 heterocycles. The highest BCUT2D eigenvalue weighted by Gasteiger charge is 2.36. The summed E-state index contributed by atoms with van der Waals surface area (Å²) in [7, 11) is -5.03. The fraction of sp³-hybridized carbons (Fsp3) is 0.654. The molecule has 1 saturated heterocycles. The SMILES string of the molecule is CC(=O)N1CCCC1C(=O)N[C@@H](CC(C)C)C(=O)N[C@@H](Cc1cncn1S)C(=O)N[C@@H](C)C(=O)N[C@H](C(N)=O)[C@@H](C)OP(=O)(O)O. The largest absolute Gasteiger partial charge is 0.469 e. The number of phosphoric acid groups is 1. The van der Waals surface area contributed by atoms with Crippen LogP contribution in [0.2, 0.25) is 0 Å². The van der Waals surface area contributed by atoms with Gasteiger partial charge in [0.05, 0.1) is 11.8 Å². The summed E-state index contributed by atoms with van der Waals surface area (Å²) in [6.45, 7) is 7.87. The van der Waals surface area contributed by atoms with Crippen molar-refractivity contribution in [3.63, 3.8) is 0 Å². The number of nitrogens with zero attached hydrogens (tertiary/aromatic N) is 3. The lowest BCUT2D eigenvalue weighted by Crippen LogP contribution is -2.59. The maximum absolute atomic E-state index is 13.6. The molecule has 1 aromatic heterocycles. The van der Waals surface area contributed by atoms with Gasteiger partial charge in [0.15, 0.2) is 0 Å². The first-order chi connectivity index (χ1) is 21.3. The van der Waals surface area contributed by atoms with E-state index in [1.165, 1.54) is 35.2 Å². The molecule has 0 radical (unpaired) electrons. The van der Waals surface area contributed by atoms with E-state index in [9.17, 15) is 33.3 Å². The van der Waals surface area contributed by atoms with Crippen LogP contribution in [0.15, 0.2) is 12.5 Å². The summed E-state index contributed by atoms with van der Waals surface area (Å²) < 4.78 is 17.0. The summed E-state index contributed by atoms with van der Waals surface area (Å²) in [5.74, 6) is -4.40. The third-order valence-corrected chi connectivity index (χ3v) is 8.14. The topological polar surface area (TPSA) is 264 Å². The molecule has 6 atom stereocenters. The maximum Gasteiger partial charge on any atom is 0.469 e. The van der Waals surface area contributed by atoms with Crippen molar-refractivity contribution in [3.05, 3.63) is 18.2 Å². The molecule has 2 rings (SSSR count). The predicted octanol–water partition coefficient (Wildman–Crippen LogP) is -1.88. The molecule has 6 amide bonds. The molecule has 0 saturated carbocycles. The summed E-state index contributed by atoms with van der Waals surface area (Å²) in [4.78, 5) is 100. The number of likely N-dealkylation sites (tertiary alicyclic amines) is 1. The molecule has 1 aromatic rings. The first-order valence-electron chi connectivity index (χ1n) is 14.5. The van der Waals surface area contributed by atoms with E-state index in [1.54, 1.807) is 0 Å². The van der Waals surface area contributed by atoms with E-state index in [2.05, 4.69) is 43.6 Å². The molecule has 8 N–H and O–H groups in total. The molecular weight excluding hydrogens is 647 g/mol. The lowest BCUT2D eigenvalue weighted by atomic mass is 10.0. The second-order valence-electron chi connectivity index (χ2n) is 11.5. The van der Waals surface area contributed by atoms with Crippen LogP contribution in [-0.2, 0) is 44.3 Å². The highest BCUT2D eigenvalue weighted by Crippen LogP contribution is 2.38. The zero-order chi connectivity index (χ0) is 34.9. The Morgan fingerprint density at radius 1 is 1.04 bits per heavy atom. The van der Waals surface area contributed by atoms with Gasteiger partial charge in [-0.2, -0.15) is 0 Å². The Balaban J connectivity index is 2.23. The minimum absolute atomic E-state index is 0.0476. The van der Waals surface area contributed by atoms with Gasteiger partial charge in [0.1, 0.15) is 36.5 Å². The van der Waals surface area contributed by atoms with Crippen LogP contribution in [0.1, 0.15) is 59.6 Å². The lowest BCUT2D eigenvalue weighted by Gasteiger charge is -2.28. The molecule has 1 unspecified atom stereocenters. The summed E-state index contributed by atoms with van der Waals surface area (Å²) in [5.41, 5.74) is 5.69. The lowest BCUT2D eigenvalue weighted by molar-refractivity contribution is -0.138. The molecule has 18 nitrogen and oxygen atoms in total. The number of hydrogen-bond acceptors (Lipinski definition) is 10. The Hall–Kier alpha value is -3.51. The van der Waals surface area contributed by atoms with E-state index < -0.39 is 73.7 Å². The number of carbonyl (C=O) groups is 6. The monoisotopic (exact) mass is 690 g/mol. The van der Waals surface area contributed by atoms with Gasteiger partial charge in [0.2, 0.25) is 35.4 Å². The molecule has 0 bridgehead atoms. The van der Waals surface area contributed by atoms with E-state index >= 15 is 0 Å². The number of rotatable bonds is 16. The number of hydrogen-bond donors (Lipinski definition) is 8. The molecule has 46 heavy (non-hydrogen) atoms. The van der Waals surface area contributed by atoms with E-state index in [0.29, 0.717) is 25.1 Å². The average molecular weight is 691 g/mol. The van der Waals surface area contributed by atoms with Crippen molar-refractivity contribution in [2.24, 2.45) is 11.7 Å². The van der Waals surface area contributed by atoms with Gasteiger partial charge in [0, 0.05) is 26.1 Å². The zero-order valence-corrected chi connectivity index (χ0v) is 28.0. The van der Waals surface area contributed by atoms with Crippen molar-refractivity contribution in [3.8, 4) is 0 Å². The molecule has 0 aliphatic carbocycles. The summed E-state index contributed by atoms with van der Waals surface area (Å²) >= 11 is 4.24. The number of primary amides is 1. The Morgan fingerprint density at radius 3 is 2.20 bits per heavy atom. The summed E-state index contributed by atoms with van der Waals surface area (Å²) in [5, 5.41) is 9.98. The number of imidazole rings is 1. The smallest absolute Gasteiger partial charge is 0.368 e. The second kappa shape index (κ2) is 16.9. The molecule has 1 aliphatic rings. The van der Waals surface area contributed by atoms with Gasteiger partial charge in [-0.05, 0) is 39.0 Å². The number of carbonyl (C=O) groups excluding carboxylic acids is 6. The molecule has 0 spiro atoms. The first kappa shape index (κ1) is 38.7. The van der Waals surface area contributed by atoms with Crippen molar-refractivity contribution >= 4 is 56.1 Å². The van der Waals surface area contributed by atoms with Crippen molar-refractivity contribution in [1.82, 2.24) is 35.1 Å². The standard InChI is InChI=1S/C26H43N8O10PS/c1-13(2)9-18(31-26(40)20-7-6-8-33(20)16(5)35)25(39)30-19(10-17-11-28-12-34(17)46)24(38)29-14(3)23(37)32-21(22(27)36)15(4)44-45(41,42)43/h11-15,18-21,46H,6-10H2,1-5H3,(H2,27,36)(H,29,38)(H,30,39)(H,31,40)(H,32,37)(H2,41,42,43)/t14-,15+,18-,19-,20?,21-/m0/s1. The zero-order valence-electron chi connectivity index (χ0n) is 26.2. The van der Waals surface area contributed by atoms with Crippen LogP contribution in [0.25, 0.3) is 0 Å². The quantitative estimate of drug-likeness (QED) is 0.0703. The molecule has 258 valence electrons. The normalized spacial score (nSPS) is 18.2. The van der Waals surface area contributed by atoms with E-state index in [0.717, 1.165) is 6.92 Å². The van der Waals surface area contributed by atoms with Crippen LogP contribution in [0.4, 0.5) is 0 Å². The first-order valence-corrected chi connectivity index (χ1v) is 16.5. The third kappa shape index (κ3) is 11.7. The van der Waals surface area contributed by atoms with Crippen molar-refractivity contribution in [2.75, 3.05) is 6.54 Å². The van der Waals surface area contributed by atoms with Crippen LogP contribution in [0.3, 0.4) is 0 Å². The van der Waals surface area contributed by atoms with Gasteiger partial charge in [0.25, 0.3) is 0 Å². The van der Waals surface area contributed by atoms with Gasteiger partial charge in [-0.1, -0.05) is 26.7 Å². The number of aromatic nitrogens is 2. The number of nitrogens with two attached hydrogens (primary N) is 1. The average Bonchev–Trinajstić information content (AvgIpc) is 3.58. The maximum atomic E-state index is 13.6. The Morgan fingerprint density at radius 2 is 1.67 bits per heavy atom. The number of amides is 6. The number of thiol groups is 1. The summed E-state index contributed by atoms with van der Waals surface area (Å²) in [6, 6.07) is -6.08. The van der Waals surface area contributed by atoms with Gasteiger partial charge in [-0.25, -0.2) is 9.55 Å². The predicted molar refractivity (Wildman–Crippen MR) is 165 cm³/mol. The van der Waals surface area contributed by atoms with Crippen LogP contribution in [0.5, 0.6) is 0 Å². The van der Waals surface area contributed by atoms with Gasteiger partial charge < -0.3 is 41.7 Å². The number of phosphoric ester groups is 1. The minimum atomic E-state index is -5.03. The fourth-order valence-electron chi connectivity index (χ4n) is 4.89. The highest BCUT2D eigenvalue weighted by molar-refractivity contribution is 7.78. The van der Waals surface area contributed by atoms with Crippen LogP contribution in [-0.4, -0.2) is 102 Å². The Kier molecular flexibility index (Phi) is 14.2. The molecule has 20 heteroatoms. The van der Waals surface area contributed by atoms with Crippen molar-refractivity contribution in [1.29, 1.82) is 0 Å². The fourth-order valence-corrected chi connectivity index (χ4v) is 5.64. The molecule has 1 fully saturated rings. The van der Waals surface area contributed by atoms with Crippen molar-refractivity contribution < 1.29 is 47.6 Å². The molecule has 0 aromatic carbocycles. The second-order valence-corrected chi connectivity index (χ2v) is 13.1. The molecular formula is C26H43N8O10PS. The number of nitrogens with one attached hydrogen (secondary N) is 4. The van der Waals surface area contributed by atoms with E-state index in [4.69, 9.17) is 15.5 Å². The van der Waals surface area contributed by atoms with Gasteiger partial charge in [-0.3, -0.25) is 37.3 Å². The Bertz CT molecular complexity index is 1340. The van der Waals surface area contributed by atoms with Crippen molar-refractivity contribution in [2.45, 2.75) is 96.6 Å². The van der Waals surface area contributed by atoms with Gasteiger partial charge in [-0.15, -0.1) is 0 Å². The van der Waals surface area contributed by atoms with Crippen LogP contribution in [0, 0.1) is 5.92 Å². The molecule has 1 aliphatic heterocycles. The van der Waals surface area contributed by atoms with E-state index in [1.807, 2.05) is 13.8 Å². The Labute approximate surface area is 271 Å².